The molecule has 0 amide bonds. The number of nitro benzene ring substituents is 1. The minimum Gasteiger partial charge on any atom is -0.506 e. The lowest BCUT2D eigenvalue weighted by atomic mass is 10.0. The van der Waals surface area contributed by atoms with Gasteiger partial charge in [-0.2, -0.15) is 0 Å². The number of phenols is 1. The Hall–Kier alpha value is -2.73. The van der Waals surface area contributed by atoms with Crippen molar-refractivity contribution >= 4 is 44.3 Å². The zero-order valence-electron chi connectivity index (χ0n) is 13.1. The number of non-ortho nitro benzene ring substituents is 1. The molecule has 6 heteroatoms. The summed E-state index contributed by atoms with van der Waals surface area (Å²) >= 11 is 3.14. The second-order valence-electron chi connectivity index (χ2n) is 5.96. The monoisotopic (exact) mass is 396 g/mol. The summed E-state index contributed by atoms with van der Waals surface area (Å²) in [7, 11) is 0. The Balaban J connectivity index is 1.82. The first-order chi connectivity index (χ1) is 12.0. The number of halogens is 1. The molecule has 4 rings (SSSR count). The van der Waals surface area contributed by atoms with Crippen molar-refractivity contribution in [3.63, 3.8) is 0 Å². The number of aromatic hydroxyl groups is 1. The van der Waals surface area contributed by atoms with E-state index in [-0.39, 0.29) is 15.9 Å². The Bertz CT molecular complexity index is 1050. The Morgan fingerprint density at radius 1 is 1.16 bits per heavy atom. The van der Waals surface area contributed by atoms with Crippen LogP contribution in [0.1, 0.15) is 16.7 Å². The van der Waals surface area contributed by atoms with Crippen LogP contribution in [0.15, 0.2) is 51.9 Å². The van der Waals surface area contributed by atoms with Gasteiger partial charge in [0.05, 0.1) is 15.1 Å². The van der Waals surface area contributed by atoms with E-state index in [0.29, 0.717) is 5.56 Å². The number of hydrogen-bond acceptors (Lipinski definition) is 4. The van der Waals surface area contributed by atoms with Crippen LogP contribution in [0.4, 0.5) is 11.4 Å². The summed E-state index contributed by atoms with van der Waals surface area (Å²) in [5.41, 5.74) is 3.62. The third-order valence-corrected chi connectivity index (χ3v) is 5.09. The molecule has 5 nitrogen and oxygen atoms in total. The van der Waals surface area contributed by atoms with Crippen molar-refractivity contribution < 1.29 is 10.0 Å². The van der Waals surface area contributed by atoms with Gasteiger partial charge < -0.3 is 5.11 Å². The van der Waals surface area contributed by atoms with Gasteiger partial charge in [-0.25, -0.2) is 0 Å². The molecule has 0 aliphatic heterocycles. The van der Waals surface area contributed by atoms with Crippen molar-refractivity contribution in [1.82, 2.24) is 0 Å². The SMILES string of the molecule is O=[N+]([O-])c1cc(Br)c(O)c(C=Nc2ccc3c4c(cccc24)CC3)c1. The molecular formula is C19H13BrN2O3. The molecule has 3 aromatic carbocycles. The molecule has 0 unspecified atom stereocenters. The lowest BCUT2D eigenvalue weighted by Gasteiger charge is -2.06. The van der Waals surface area contributed by atoms with Crippen LogP contribution < -0.4 is 0 Å². The highest BCUT2D eigenvalue weighted by Crippen LogP contribution is 2.37. The highest BCUT2D eigenvalue weighted by Gasteiger charge is 2.16. The van der Waals surface area contributed by atoms with Crippen molar-refractivity contribution in [3.8, 4) is 5.75 Å². The Morgan fingerprint density at radius 2 is 1.92 bits per heavy atom. The summed E-state index contributed by atoms with van der Waals surface area (Å²) in [6.07, 6.45) is 3.54. The van der Waals surface area contributed by atoms with Crippen molar-refractivity contribution in [2.24, 2.45) is 4.99 Å². The maximum absolute atomic E-state index is 11.0. The van der Waals surface area contributed by atoms with Gasteiger partial charge in [-0.05, 0) is 51.4 Å². The topological polar surface area (TPSA) is 75.7 Å². The molecule has 0 fully saturated rings. The van der Waals surface area contributed by atoms with Crippen molar-refractivity contribution in [2.45, 2.75) is 12.8 Å². The van der Waals surface area contributed by atoms with Gasteiger partial charge in [0.15, 0.2) is 0 Å². The fourth-order valence-electron chi connectivity index (χ4n) is 3.29. The average molecular weight is 397 g/mol. The molecule has 124 valence electrons. The number of aryl methyl sites for hydroxylation is 2. The first-order valence-electron chi connectivity index (χ1n) is 7.79. The first-order valence-corrected chi connectivity index (χ1v) is 8.58. The van der Waals surface area contributed by atoms with Gasteiger partial charge in [-0.3, -0.25) is 15.1 Å². The minimum absolute atomic E-state index is 0.0692. The lowest BCUT2D eigenvalue weighted by Crippen LogP contribution is -1.92. The number of rotatable bonds is 3. The fraction of sp³-hybridized carbons (Fsp3) is 0.105. The highest BCUT2D eigenvalue weighted by atomic mass is 79.9. The molecule has 1 N–H and O–H groups in total. The Labute approximate surface area is 151 Å². The van der Waals surface area contributed by atoms with Gasteiger partial charge in [-0.1, -0.05) is 24.3 Å². The van der Waals surface area contributed by atoms with Crippen molar-refractivity contribution in [3.05, 3.63) is 73.7 Å². The van der Waals surface area contributed by atoms with Gasteiger partial charge in [0.1, 0.15) is 5.75 Å². The predicted molar refractivity (Wildman–Crippen MR) is 101 cm³/mol. The normalized spacial score (nSPS) is 13.0. The number of benzene rings is 3. The molecule has 3 aromatic rings. The molecule has 0 atom stereocenters. The van der Waals surface area contributed by atoms with E-state index in [1.54, 1.807) is 0 Å². The second-order valence-corrected chi connectivity index (χ2v) is 6.82. The highest BCUT2D eigenvalue weighted by molar-refractivity contribution is 9.10. The van der Waals surface area contributed by atoms with Gasteiger partial charge in [0.25, 0.3) is 5.69 Å². The van der Waals surface area contributed by atoms with E-state index in [9.17, 15) is 15.2 Å². The fourth-order valence-corrected chi connectivity index (χ4v) is 3.76. The quantitative estimate of drug-likeness (QED) is 0.381. The van der Waals surface area contributed by atoms with E-state index >= 15 is 0 Å². The molecule has 0 aromatic heterocycles. The molecule has 0 spiro atoms. The molecule has 0 radical (unpaired) electrons. The molecule has 0 saturated heterocycles. The van der Waals surface area contributed by atoms with E-state index in [0.717, 1.165) is 23.9 Å². The molecule has 25 heavy (non-hydrogen) atoms. The number of nitro groups is 1. The Kier molecular flexibility index (Phi) is 3.77. The summed E-state index contributed by atoms with van der Waals surface area (Å²) in [4.78, 5) is 15.0. The summed E-state index contributed by atoms with van der Waals surface area (Å²) in [6, 6.07) is 12.8. The van der Waals surface area contributed by atoms with Crippen LogP contribution in [0.2, 0.25) is 0 Å². The summed E-state index contributed by atoms with van der Waals surface area (Å²) in [5, 5.41) is 23.5. The van der Waals surface area contributed by atoms with Crippen LogP contribution in [-0.2, 0) is 12.8 Å². The third kappa shape index (κ3) is 2.68. The molecule has 1 aliphatic carbocycles. The molecule has 0 heterocycles. The largest absolute Gasteiger partial charge is 0.506 e. The standard InChI is InChI=1S/C19H13BrN2O3/c20-16-9-14(22(24)25)8-13(19(16)23)10-21-17-7-6-12-5-4-11-2-1-3-15(17)18(11)12/h1-3,6-10,23H,4-5H2. The molecule has 1 aliphatic rings. The van der Waals surface area contributed by atoms with Gasteiger partial charge >= 0.3 is 0 Å². The van der Waals surface area contributed by atoms with Gasteiger partial charge in [0.2, 0.25) is 0 Å². The summed E-state index contributed by atoms with van der Waals surface area (Å²) < 4.78 is 0.267. The Morgan fingerprint density at radius 3 is 2.68 bits per heavy atom. The maximum Gasteiger partial charge on any atom is 0.271 e. The summed E-state index contributed by atoms with van der Waals surface area (Å²) in [5.74, 6) is -0.0692. The van der Waals surface area contributed by atoms with Crippen LogP contribution in [-0.4, -0.2) is 16.2 Å². The molecular weight excluding hydrogens is 384 g/mol. The van der Waals surface area contributed by atoms with Crippen LogP contribution in [0, 0.1) is 10.1 Å². The van der Waals surface area contributed by atoms with E-state index in [4.69, 9.17) is 0 Å². The average Bonchev–Trinajstić information content (AvgIpc) is 3.02. The van der Waals surface area contributed by atoms with Crippen LogP contribution in [0.25, 0.3) is 10.8 Å². The number of nitrogens with zero attached hydrogens (tertiary/aromatic N) is 2. The maximum atomic E-state index is 11.0. The van der Waals surface area contributed by atoms with Gasteiger partial charge in [-0.15, -0.1) is 0 Å². The van der Waals surface area contributed by atoms with Crippen LogP contribution in [0.5, 0.6) is 5.75 Å². The van der Waals surface area contributed by atoms with Crippen molar-refractivity contribution in [1.29, 1.82) is 0 Å². The van der Waals surface area contributed by atoms with Crippen molar-refractivity contribution in [2.75, 3.05) is 0 Å². The zero-order chi connectivity index (χ0) is 17.6. The number of phenolic OH excluding ortho intramolecular Hbond substituents is 1. The lowest BCUT2D eigenvalue weighted by molar-refractivity contribution is -0.385. The second kappa shape index (κ2) is 5.97. The third-order valence-electron chi connectivity index (χ3n) is 4.49. The smallest absolute Gasteiger partial charge is 0.271 e. The van der Waals surface area contributed by atoms with Gasteiger partial charge in [0, 0.05) is 29.3 Å². The number of hydrogen-bond donors (Lipinski definition) is 1. The molecule has 0 saturated carbocycles. The molecule has 0 bridgehead atoms. The van der Waals surface area contributed by atoms with Crippen LogP contribution >= 0.6 is 15.9 Å². The predicted octanol–water partition coefficient (Wildman–Crippen LogP) is 5.07. The van der Waals surface area contributed by atoms with E-state index in [1.807, 2.05) is 18.2 Å². The first kappa shape index (κ1) is 15.8. The van der Waals surface area contributed by atoms with E-state index < -0.39 is 4.92 Å². The van der Waals surface area contributed by atoms with Crippen LogP contribution in [0.3, 0.4) is 0 Å². The van der Waals surface area contributed by atoms with E-state index in [1.165, 1.54) is 34.9 Å². The van der Waals surface area contributed by atoms with E-state index in [2.05, 4.69) is 33.1 Å². The minimum atomic E-state index is -0.499. The summed E-state index contributed by atoms with van der Waals surface area (Å²) in [6.45, 7) is 0. The zero-order valence-corrected chi connectivity index (χ0v) is 14.7. The number of aliphatic imine (C=N–C) groups is 1.